The van der Waals surface area contributed by atoms with Crippen molar-refractivity contribution in [1.82, 2.24) is 19.4 Å². The number of amides is 3. The first kappa shape index (κ1) is 23.3. The van der Waals surface area contributed by atoms with Gasteiger partial charge >= 0.3 is 12.2 Å². The summed E-state index contributed by atoms with van der Waals surface area (Å²) in [5, 5.41) is 2.93. The molecular weight excluding hydrogens is 480 g/mol. The zero-order valence-corrected chi connectivity index (χ0v) is 19.0. The van der Waals surface area contributed by atoms with E-state index in [9.17, 15) is 35.6 Å². The number of carbonyl (C=O) groups is 2. The number of carbonyl (C=O) groups excluding carboxylic acids is 2. The molecule has 5 rings (SSSR count). The summed E-state index contributed by atoms with van der Waals surface area (Å²) in [5.41, 5.74) is -1.75. The predicted molar refractivity (Wildman–Crippen MR) is 110 cm³/mol. The second-order valence-corrected chi connectivity index (χ2v) is 11.8. The lowest BCUT2D eigenvalue weighted by molar-refractivity contribution is -0.137. The topological polar surface area (TPSA) is 90.0 Å². The van der Waals surface area contributed by atoms with Crippen molar-refractivity contribution in [1.29, 1.82) is 0 Å². The first-order valence-electron chi connectivity index (χ1n) is 11.0. The minimum atomic E-state index is -4.77. The zero-order valence-electron chi connectivity index (χ0n) is 18.2. The molecule has 1 N–H and O–H groups in total. The van der Waals surface area contributed by atoms with E-state index in [1.54, 1.807) is 9.80 Å². The van der Waals surface area contributed by atoms with E-state index < -0.39 is 32.5 Å². The van der Waals surface area contributed by atoms with Crippen LogP contribution in [0.5, 0.6) is 0 Å². The summed E-state index contributed by atoms with van der Waals surface area (Å²) in [4.78, 5) is 26.8. The number of hydrogen-bond acceptors (Lipinski definition) is 4. The Kier molecular flexibility index (Phi) is 5.18. The van der Waals surface area contributed by atoms with E-state index in [0.29, 0.717) is 57.6 Å². The van der Waals surface area contributed by atoms with Crippen molar-refractivity contribution in [3.63, 3.8) is 0 Å². The van der Waals surface area contributed by atoms with Crippen molar-refractivity contribution in [3.8, 4) is 0 Å². The fraction of sp³-hybridized carbons (Fsp3) is 0.619. The third-order valence-corrected chi connectivity index (χ3v) is 9.41. The number of hydrogen-bond donors (Lipinski definition) is 1. The molecule has 0 atom stereocenters. The van der Waals surface area contributed by atoms with Crippen molar-refractivity contribution in [2.45, 2.75) is 42.3 Å². The Morgan fingerprint density at radius 1 is 1.00 bits per heavy atom. The molecule has 34 heavy (non-hydrogen) atoms. The van der Waals surface area contributed by atoms with Crippen LogP contribution in [0.2, 0.25) is 0 Å². The lowest BCUT2D eigenvalue weighted by Crippen LogP contribution is -2.73. The van der Waals surface area contributed by atoms with Crippen LogP contribution in [0.1, 0.15) is 31.2 Å². The number of benzene rings is 1. The van der Waals surface area contributed by atoms with Gasteiger partial charge in [-0.05, 0) is 37.5 Å². The number of urea groups is 1. The van der Waals surface area contributed by atoms with E-state index in [1.807, 2.05) is 0 Å². The summed E-state index contributed by atoms with van der Waals surface area (Å²) < 4.78 is 79.3. The summed E-state index contributed by atoms with van der Waals surface area (Å²) >= 11 is 0. The number of sulfonamides is 1. The molecule has 2 spiro atoms. The van der Waals surface area contributed by atoms with Crippen molar-refractivity contribution in [2.24, 2.45) is 5.41 Å². The molecule has 4 heterocycles. The Bertz CT molecular complexity index is 1130. The summed E-state index contributed by atoms with van der Waals surface area (Å²) in [6.07, 6.45) is -2.62. The fourth-order valence-corrected chi connectivity index (χ4v) is 6.96. The van der Waals surface area contributed by atoms with Crippen LogP contribution >= 0.6 is 0 Å². The van der Waals surface area contributed by atoms with E-state index in [0.717, 1.165) is 10.7 Å². The maximum Gasteiger partial charge on any atom is 0.416 e. The van der Waals surface area contributed by atoms with E-state index in [1.165, 1.54) is 0 Å². The number of nitrogens with zero attached hydrogens (tertiary/aromatic N) is 3. The Morgan fingerprint density at radius 3 is 2.15 bits per heavy atom. The largest absolute Gasteiger partial charge is 0.416 e. The van der Waals surface area contributed by atoms with Crippen molar-refractivity contribution in [2.75, 3.05) is 39.3 Å². The van der Waals surface area contributed by atoms with E-state index in [4.69, 9.17) is 0 Å². The molecular formula is C21H24F4N4O4S. The van der Waals surface area contributed by atoms with Crippen LogP contribution in [0.15, 0.2) is 23.1 Å². The number of likely N-dealkylation sites (tertiary alicyclic amines) is 2. The van der Waals surface area contributed by atoms with Gasteiger partial charge in [-0.3, -0.25) is 4.79 Å². The van der Waals surface area contributed by atoms with Crippen molar-refractivity contribution in [3.05, 3.63) is 29.6 Å². The summed E-state index contributed by atoms with van der Waals surface area (Å²) in [6, 6.07) is 1.33. The first-order chi connectivity index (χ1) is 15.8. The normalized spacial score (nSPS) is 24.2. The van der Waals surface area contributed by atoms with Crippen LogP contribution in [0, 0.1) is 11.2 Å². The van der Waals surface area contributed by atoms with Gasteiger partial charge in [0.1, 0.15) is 10.7 Å². The molecule has 0 radical (unpaired) electrons. The van der Waals surface area contributed by atoms with Crippen molar-refractivity contribution >= 4 is 22.0 Å². The Hall–Kier alpha value is -2.41. The molecule has 0 aliphatic carbocycles. The molecule has 4 aliphatic rings. The minimum absolute atomic E-state index is 0.00731. The van der Waals surface area contributed by atoms with Crippen LogP contribution in [-0.4, -0.2) is 79.3 Å². The first-order valence-corrected chi connectivity index (χ1v) is 12.5. The van der Waals surface area contributed by atoms with Gasteiger partial charge in [0.05, 0.1) is 11.1 Å². The average Bonchev–Trinajstić information content (AvgIpc) is 3.11. The summed E-state index contributed by atoms with van der Waals surface area (Å²) in [5.74, 6) is -1.42. The Morgan fingerprint density at radius 2 is 1.62 bits per heavy atom. The molecule has 0 saturated carbocycles. The highest BCUT2D eigenvalue weighted by Gasteiger charge is 2.54. The van der Waals surface area contributed by atoms with Gasteiger partial charge in [-0.1, -0.05) is 0 Å². The lowest BCUT2D eigenvalue weighted by Gasteiger charge is -2.57. The number of nitrogens with one attached hydrogen (secondary N) is 1. The third kappa shape index (κ3) is 3.82. The summed E-state index contributed by atoms with van der Waals surface area (Å²) in [6.45, 7) is 2.17. The van der Waals surface area contributed by atoms with Gasteiger partial charge in [-0.25, -0.2) is 17.6 Å². The van der Waals surface area contributed by atoms with Crippen LogP contribution in [0.3, 0.4) is 0 Å². The van der Waals surface area contributed by atoms with Gasteiger partial charge in [-0.15, -0.1) is 0 Å². The highest BCUT2D eigenvalue weighted by Crippen LogP contribution is 2.43. The highest BCUT2D eigenvalue weighted by molar-refractivity contribution is 7.89. The average molecular weight is 505 g/mol. The van der Waals surface area contributed by atoms with E-state index >= 15 is 0 Å². The molecule has 4 fully saturated rings. The van der Waals surface area contributed by atoms with Gasteiger partial charge in [0.25, 0.3) is 0 Å². The Balaban J connectivity index is 1.16. The van der Waals surface area contributed by atoms with Gasteiger partial charge in [0, 0.05) is 51.1 Å². The van der Waals surface area contributed by atoms with Gasteiger partial charge in [0.2, 0.25) is 15.9 Å². The second-order valence-electron chi connectivity index (χ2n) is 9.87. The predicted octanol–water partition coefficient (Wildman–Crippen LogP) is 2.02. The number of halogens is 4. The molecule has 186 valence electrons. The molecule has 3 amide bonds. The molecule has 0 aromatic heterocycles. The summed E-state index contributed by atoms with van der Waals surface area (Å²) in [7, 11) is -4.28. The van der Waals surface area contributed by atoms with E-state index in [2.05, 4.69) is 5.32 Å². The number of rotatable bonds is 2. The SMILES string of the molecule is O=C1CCC2(CN(C(=O)N3CC4(CCN(S(=O)(=O)c5ccc(C(F)(F)F)cc5F)CC4)C3)C2)N1. The molecule has 1 aromatic carbocycles. The van der Waals surface area contributed by atoms with Gasteiger partial charge < -0.3 is 15.1 Å². The molecule has 0 unspecified atom stereocenters. The maximum absolute atomic E-state index is 14.3. The molecule has 4 aliphatic heterocycles. The number of piperidine rings is 1. The quantitative estimate of drug-likeness (QED) is 0.625. The molecule has 8 nitrogen and oxygen atoms in total. The molecule has 0 bridgehead atoms. The van der Waals surface area contributed by atoms with Gasteiger partial charge in [-0.2, -0.15) is 17.5 Å². The van der Waals surface area contributed by atoms with E-state index in [-0.39, 0.29) is 42.0 Å². The standard InChI is InChI=1S/C21H24F4N4O4S/c22-15-9-14(21(23,24)25)1-2-16(15)34(32,33)29-7-5-19(6-8-29)10-27(11-19)18(31)28-12-20(13-28)4-3-17(30)26-20/h1-2,9H,3-8,10-13H2,(H,26,30). The second kappa shape index (κ2) is 7.54. The fourth-order valence-electron chi connectivity index (χ4n) is 5.47. The van der Waals surface area contributed by atoms with Gasteiger partial charge in [0.15, 0.2) is 0 Å². The lowest BCUT2D eigenvalue weighted by atomic mass is 9.72. The van der Waals surface area contributed by atoms with Crippen molar-refractivity contribution < 1.29 is 35.6 Å². The number of alkyl halides is 3. The van der Waals surface area contributed by atoms with Crippen LogP contribution in [-0.2, 0) is 21.0 Å². The monoisotopic (exact) mass is 504 g/mol. The van der Waals surface area contributed by atoms with Crippen LogP contribution < -0.4 is 5.32 Å². The molecule has 4 saturated heterocycles. The zero-order chi connectivity index (χ0) is 24.5. The molecule has 13 heteroatoms. The Labute approximate surface area is 193 Å². The smallest absolute Gasteiger partial charge is 0.347 e. The maximum atomic E-state index is 14.3. The third-order valence-electron chi connectivity index (χ3n) is 7.48. The minimum Gasteiger partial charge on any atom is -0.347 e. The molecule has 1 aromatic rings. The van der Waals surface area contributed by atoms with Crippen LogP contribution in [0.25, 0.3) is 0 Å². The highest BCUT2D eigenvalue weighted by atomic mass is 32.2. The van der Waals surface area contributed by atoms with Crippen LogP contribution in [0.4, 0.5) is 22.4 Å².